The van der Waals surface area contributed by atoms with Gasteiger partial charge in [0.05, 0.1) is 14.2 Å². The van der Waals surface area contributed by atoms with E-state index >= 15 is 0 Å². The van der Waals surface area contributed by atoms with E-state index in [1.54, 1.807) is 49.5 Å². The van der Waals surface area contributed by atoms with Gasteiger partial charge in [0.1, 0.15) is 11.5 Å². The topological polar surface area (TPSA) is 67.9 Å². The molecule has 0 aliphatic carbocycles. The molecule has 0 aromatic heterocycles. The van der Waals surface area contributed by atoms with Crippen LogP contribution >= 0.6 is 15.9 Å². The maximum atomic E-state index is 12.8. The molecule has 0 bridgehead atoms. The Hall–Kier alpha value is -2.54. The zero-order valence-electron chi connectivity index (χ0n) is 15.9. The van der Waals surface area contributed by atoms with Gasteiger partial charge in [0, 0.05) is 40.8 Å². The molecule has 0 radical (unpaired) electrons. The van der Waals surface area contributed by atoms with Gasteiger partial charge >= 0.3 is 0 Å². The van der Waals surface area contributed by atoms with Crippen LogP contribution in [-0.2, 0) is 0 Å². The molecule has 1 aliphatic heterocycles. The third-order valence-electron chi connectivity index (χ3n) is 4.80. The smallest absolute Gasteiger partial charge is 0.254 e. The molecule has 0 unspecified atom stereocenters. The highest BCUT2D eigenvalue weighted by Gasteiger charge is 2.25. The normalized spacial score (nSPS) is 14.5. The van der Waals surface area contributed by atoms with Crippen LogP contribution in [0.25, 0.3) is 0 Å². The van der Waals surface area contributed by atoms with Crippen LogP contribution in [0.3, 0.4) is 0 Å². The molecule has 148 valence electrons. The van der Waals surface area contributed by atoms with Crippen molar-refractivity contribution in [3.63, 3.8) is 0 Å². The van der Waals surface area contributed by atoms with E-state index in [0.717, 1.165) is 4.47 Å². The number of ether oxygens (including phenoxy) is 2. The Morgan fingerprint density at radius 2 is 1.64 bits per heavy atom. The predicted molar refractivity (Wildman–Crippen MR) is 110 cm³/mol. The summed E-state index contributed by atoms with van der Waals surface area (Å²) in [6.07, 6.45) is 1.43. The summed E-state index contributed by atoms with van der Waals surface area (Å²) in [4.78, 5) is 27.1. The summed E-state index contributed by atoms with van der Waals surface area (Å²) in [6.45, 7) is 1.17. The molecule has 1 aliphatic rings. The van der Waals surface area contributed by atoms with Crippen molar-refractivity contribution >= 4 is 27.7 Å². The number of amides is 2. The van der Waals surface area contributed by atoms with Gasteiger partial charge in [-0.3, -0.25) is 9.59 Å². The number of nitrogens with one attached hydrogen (secondary N) is 1. The molecule has 0 atom stereocenters. The molecule has 1 saturated heterocycles. The van der Waals surface area contributed by atoms with Gasteiger partial charge in [0.2, 0.25) is 0 Å². The van der Waals surface area contributed by atoms with Crippen LogP contribution < -0.4 is 14.8 Å². The van der Waals surface area contributed by atoms with E-state index in [2.05, 4.69) is 21.2 Å². The monoisotopic (exact) mass is 446 g/mol. The standard InChI is InChI=1S/C21H23BrN2O4/c1-27-18-11-15(12-19(13-18)28-2)21(26)24-8-6-17(7-9-24)23-20(25)14-4-3-5-16(22)10-14/h3-5,10-13,17H,6-9H2,1-2H3,(H,23,25). The maximum Gasteiger partial charge on any atom is 0.254 e. The van der Waals surface area contributed by atoms with Crippen LogP contribution in [0.2, 0.25) is 0 Å². The van der Waals surface area contributed by atoms with Crippen molar-refractivity contribution in [1.29, 1.82) is 0 Å². The molecule has 6 nitrogen and oxygen atoms in total. The molecule has 28 heavy (non-hydrogen) atoms. The van der Waals surface area contributed by atoms with Crippen molar-refractivity contribution in [1.82, 2.24) is 10.2 Å². The number of hydrogen-bond donors (Lipinski definition) is 1. The molecule has 2 aromatic rings. The summed E-state index contributed by atoms with van der Waals surface area (Å²) < 4.78 is 11.4. The van der Waals surface area contributed by atoms with Gasteiger partial charge in [-0.05, 0) is 43.2 Å². The first kappa shape index (κ1) is 20.2. The van der Waals surface area contributed by atoms with Gasteiger partial charge in [0.15, 0.2) is 0 Å². The Kier molecular flexibility index (Phi) is 6.57. The number of nitrogens with zero attached hydrogens (tertiary/aromatic N) is 1. The second-order valence-electron chi connectivity index (χ2n) is 6.65. The van der Waals surface area contributed by atoms with E-state index in [1.165, 1.54) is 0 Å². The lowest BCUT2D eigenvalue weighted by atomic mass is 10.0. The average molecular weight is 447 g/mol. The SMILES string of the molecule is COc1cc(OC)cc(C(=O)N2CCC(NC(=O)c3cccc(Br)c3)CC2)c1. The predicted octanol–water partition coefficient (Wildman–Crippen LogP) is 3.50. The van der Waals surface area contributed by atoms with E-state index in [9.17, 15) is 9.59 Å². The van der Waals surface area contributed by atoms with Gasteiger partial charge in [-0.15, -0.1) is 0 Å². The van der Waals surface area contributed by atoms with Crippen molar-refractivity contribution in [3.05, 3.63) is 58.1 Å². The lowest BCUT2D eigenvalue weighted by Crippen LogP contribution is -2.46. The fraction of sp³-hybridized carbons (Fsp3) is 0.333. The lowest BCUT2D eigenvalue weighted by Gasteiger charge is -2.32. The third-order valence-corrected chi connectivity index (χ3v) is 5.30. The van der Waals surface area contributed by atoms with Crippen LogP contribution in [0, 0.1) is 0 Å². The van der Waals surface area contributed by atoms with Crippen LogP contribution in [0.15, 0.2) is 46.9 Å². The average Bonchev–Trinajstić information content (AvgIpc) is 2.73. The van der Waals surface area contributed by atoms with E-state index in [1.807, 2.05) is 12.1 Å². The summed E-state index contributed by atoms with van der Waals surface area (Å²) in [5, 5.41) is 3.06. The van der Waals surface area contributed by atoms with Crippen molar-refractivity contribution in [2.24, 2.45) is 0 Å². The van der Waals surface area contributed by atoms with Crippen molar-refractivity contribution in [2.75, 3.05) is 27.3 Å². The number of carbonyl (C=O) groups excluding carboxylic acids is 2. The molecular formula is C21H23BrN2O4. The zero-order chi connectivity index (χ0) is 20.1. The van der Waals surface area contributed by atoms with Crippen LogP contribution in [0.4, 0.5) is 0 Å². The van der Waals surface area contributed by atoms with Crippen molar-refractivity contribution in [2.45, 2.75) is 18.9 Å². The van der Waals surface area contributed by atoms with E-state index in [-0.39, 0.29) is 17.9 Å². The Bertz CT molecular complexity index is 841. The number of rotatable bonds is 5. The minimum Gasteiger partial charge on any atom is -0.497 e. The van der Waals surface area contributed by atoms with Crippen molar-refractivity contribution < 1.29 is 19.1 Å². The van der Waals surface area contributed by atoms with Crippen LogP contribution in [0.5, 0.6) is 11.5 Å². The van der Waals surface area contributed by atoms with Gasteiger partial charge in [-0.2, -0.15) is 0 Å². The number of carbonyl (C=O) groups is 2. The molecule has 7 heteroatoms. The molecule has 1 heterocycles. The Balaban J connectivity index is 1.59. The second kappa shape index (κ2) is 9.10. The van der Waals surface area contributed by atoms with Gasteiger partial charge < -0.3 is 19.7 Å². The molecule has 2 amide bonds. The van der Waals surface area contributed by atoms with E-state index < -0.39 is 0 Å². The first-order chi connectivity index (χ1) is 13.5. The minimum absolute atomic E-state index is 0.0513. The zero-order valence-corrected chi connectivity index (χ0v) is 17.5. The Labute approximate surface area is 172 Å². The third kappa shape index (κ3) is 4.84. The summed E-state index contributed by atoms with van der Waals surface area (Å²) in [7, 11) is 3.12. The quantitative estimate of drug-likeness (QED) is 0.762. The van der Waals surface area contributed by atoms with Crippen LogP contribution in [-0.4, -0.2) is 50.1 Å². The lowest BCUT2D eigenvalue weighted by molar-refractivity contribution is 0.0697. The van der Waals surface area contributed by atoms with Crippen LogP contribution in [0.1, 0.15) is 33.6 Å². The molecule has 3 rings (SSSR count). The number of likely N-dealkylation sites (tertiary alicyclic amines) is 1. The molecule has 2 aromatic carbocycles. The number of benzene rings is 2. The Morgan fingerprint density at radius 3 is 2.21 bits per heavy atom. The number of hydrogen-bond acceptors (Lipinski definition) is 4. The molecule has 1 N–H and O–H groups in total. The molecule has 0 spiro atoms. The largest absolute Gasteiger partial charge is 0.497 e. The fourth-order valence-corrected chi connectivity index (χ4v) is 3.64. The maximum absolute atomic E-state index is 12.8. The summed E-state index contributed by atoms with van der Waals surface area (Å²) in [6, 6.07) is 12.5. The highest BCUT2D eigenvalue weighted by atomic mass is 79.9. The van der Waals surface area contributed by atoms with Gasteiger partial charge in [-0.25, -0.2) is 0 Å². The number of piperidine rings is 1. The van der Waals surface area contributed by atoms with Gasteiger partial charge in [-0.1, -0.05) is 22.0 Å². The fourth-order valence-electron chi connectivity index (χ4n) is 3.24. The highest BCUT2D eigenvalue weighted by molar-refractivity contribution is 9.10. The summed E-state index contributed by atoms with van der Waals surface area (Å²) >= 11 is 3.38. The number of halogens is 1. The van der Waals surface area contributed by atoms with Crippen molar-refractivity contribution in [3.8, 4) is 11.5 Å². The van der Waals surface area contributed by atoms with E-state index in [0.29, 0.717) is 48.6 Å². The first-order valence-electron chi connectivity index (χ1n) is 9.09. The summed E-state index contributed by atoms with van der Waals surface area (Å²) in [5.74, 6) is 1.01. The number of methoxy groups -OCH3 is 2. The Morgan fingerprint density at radius 1 is 1.00 bits per heavy atom. The first-order valence-corrected chi connectivity index (χ1v) is 9.88. The molecule has 0 saturated carbocycles. The van der Waals surface area contributed by atoms with E-state index in [4.69, 9.17) is 9.47 Å². The second-order valence-corrected chi connectivity index (χ2v) is 7.57. The highest BCUT2D eigenvalue weighted by Crippen LogP contribution is 2.24. The molecular weight excluding hydrogens is 424 g/mol. The summed E-state index contributed by atoms with van der Waals surface area (Å²) in [5.41, 5.74) is 1.16. The minimum atomic E-state index is -0.0939. The van der Waals surface area contributed by atoms with Gasteiger partial charge in [0.25, 0.3) is 11.8 Å². The molecule has 1 fully saturated rings.